The molecule has 8 nitrogen and oxygen atoms in total. The average molecular weight is 305 g/mol. The first-order chi connectivity index (χ1) is 10.5. The van der Waals surface area contributed by atoms with Gasteiger partial charge in [0.25, 0.3) is 0 Å². The van der Waals surface area contributed by atoms with Crippen LogP contribution in [0.15, 0.2) is 10.9 Å². The summed E-state index contributed by atoms with van der Waals surface area (Å²) >= 11 is 0. The normalized spacial score (nSPS) is 18.6. The molecule has 0 spiro atoms. The van der Waals surface area contributed by atoms with E-state index in [4.69, 9.17) is 4.52 Å². The number of carboxylic acids is 1. The van der Waals surface area contributed by atoms with Gasteiger partial charge in [-0.1, -0.05) is 19.0 Å². The van der Waals surface area contributed by atoms with Gasteiger partial charge in [-0.25, -0.2) is 4.98 Å². The summed E-state index contributed by atoms with van der Waals surface area (Å²) in [4.78, 5) is 24.9. The zero-order valence-electron chi connectivity index (χ0n) is 12.6. The minimum atomic E-state index is -0.862. The third kappa shape index (κ3) is 3.01. The van der Waals surface area contributed by atoms with Crippen molar-refractivity contribution in [3.63, 3.8) is 0 Å². The predicted molar refractivity (Wildman–Crippen MR) is 75.8 cm³/mol. The molecule has 8 heteroatoms. The molecule has 0 amide bonds. The maximum atomic E-state index is 11.5. The van der Waals surface area contributed by atoms with E-state index in [2.05, 4.69) is 34.0 Å². The quantitative estimate of drug-likeness (QED) is 0.848. The minimum absolute atomic E-state index is 0.344. The van der Waals surface area contributed by atoms with Crippen molar-refractivity contribution in [1.82, 2.24) is 25.0 Å². The lowest BCUT2D eigenvalue weighted by Crippen LogP contribution is -2.45. The van der Waals surface area contributed by atoms with Crippen molar-refractivity contribution in [2.45, 2.75) is 45.8 Å². The monoisotopic (exact) mass is 305 g/mol. The van der Waals surface area contributed by atoms with Gasteiger partial charge in [0.15, 0.2) is 5.82 Å². The van der Waals surface area contributed by atoms with Crippen LogP contribution in [0.4, 0.5) is 0 Å². The molecule has 22 heavy (non-hydrogen) atoms. The van der Waals surface area contributed by atoms with Crippen molar-refractivity contribution in [2.75, 3.05) is 0 Å². The summed E-state index contributed by atoms with van der Waals surface area (Å²) in [5.41, 5.74) is 1.76. The van der Waals surface area contributed by atoms with Gasteiger partial charge in [-0.3, -0.25) is 9.69 Å². The highest BCUT2D eigenvalue weighted by atomic mass is 16.5. The molecular formula is C14H19N5O3. The topological polar surface area (TPSA) is 108 Å². The molecule has 0 fully saturated rings. The Balaban J connectivity index is 1.75. The van der Waals surface area contributed by atoms with Crippen LogP contribution >= 0.6 is 0 Å². The van der Waals surface area contributed by atoms with Crippen molar-refractivity contribution >= 4 is 5.97 Å². The van der Waals surface area contributed by atoms with E-state index in [1.165, 1.54) is 0 Å². The summed E-state index contributed by atoms with van der Waals surface area (Å²) < 4.78 is 5.21. The molecule has 0 saturated heterocycles. The molecule has 0 radical (unpaired) electrons. The van der Waals surface area contributed by atoms with Crippen molar-refractivity contribution in [1.29, 1.82) is 0 Å². The first-order valence-electron chi connectivity index (χ1n) is 7.32. The van der Waals surface area contributed by atoms with Gasteiger partial charge in [-0.2, -0.15) is 4.98 Å². The van der Waals surface area contributed by atoms with Crippen LogP contribution < -0.4 is 0 Å². The number of carbonyl (C=O) groups is 1. The van der Waals surface area contributed by atoms with Crippen molar-refractivity contribution < 1.29 is 14.4 Å². The SMILES string of the molecule is CC(C)Cc1nc(CN2Cc3[nH]cnc3C[C@H]2C(=O)O)no1. The molecule has 0 unspecified atom stereocenters. The lowest BCUT2D eigenvalue weighted by molar-refractivity contribution is -0.144. The number of hydrogen-bond donors (Lipinski definition) is 2. The zero-order chi connectivity index (χ0) is 15.7. The smallest absolute Gasteiger partial charge is 0.321 e. The summed E-state index contributed by atoms with van der Waals surface area (Å²) in [5, 5.41) is 13.4. The number of aromatic nitrogens is 4. The van der Waals surface area contributed by atoms with Crippen LogP contribution in [0.5, 0.6) is 0 Å². The number of nitrogens with zero attached hydrogens (tertiary/aromatic N) is 4. The van der Waals surface area contributed by atoms with E-state index in [0.29, 0.717) is 37.1 Å². The van der Waals surface area contributed by atoms with Gasteiger partial charge in [-0.05, 0) is 5.92 Å². The first-order valence-corrected chi connectivity index (χ1v) is 7.32. The Bertz CT molecular complexity index is 663. The number of carboxylic acid groups (broad SMARTS) is 1. The molecule has 1 atom stereocenters. The molecule has 0 aliphatic carbocycles. The number of nitrogens with one attached hydrogen (secondary N) is 1. The fourth-order valence-corrected chi connectivity index (χ4v) is 2.67. The largest absolute Gasteiger partial charge is 0.480 e. The van der Waals surface area contributed by atoms with Crippen molar-refractivity contribution in [2.24, 2.45) is 5.92 Å². The molecule has 2 aromatic heterocycles. The van der Waals surface area contributed by atoms with Crippen LogP contribution in [0.1, 0.15) is 37.0 Å². The Morgan fingerprint density at radius 3 is 3.14 bits per heavy atom. The van der Waals surface area contributed by atoms with Gasteiger partial charge in [0.1, 0.15) is 6.04 Å². The predicted octanol–water partition coefficient (Wildman–Crippen LogP) is 1.00. The number of imidazole rings is 1. The Morgan fingerprint density at radius 1 is 1.59 bits per heavy atom. The van der Waals surface area contributed by atoms with Crippen LogP contribution in [-0.2, 0) is 30.7 Å². The lowest BCUT2D eigenvalue weighted by atomic mass is 10.0. The van der Waals surface area contributed by atoms with Gasteiger partial charge in [0.05, 0.1) is 24.3 Å². The highest BCUT2D eigenvalue weighted by Crippen LogP contribution is 2.22. The van der Waals surface area contributed by atoms with Crippen LogP contribution in [0.2, 0.25) is 0 Å². The molecule has 0 aromatic carbocycles. The standard InChI is InChI=1S/C14H19N5O3/c1-8(2)3-13-17-12(18-22-13)6-19-5-10-9(15-7-16-10)4-11(19)14(20)21/h7-8,11H,3-6H2,1-2H3,(H,15,16)(H,20,21)/t11-/m0/s1. The lowest BCUT2D eigenvalue weighted by Gasteiger charge is -2.31. The molecule has 2 aromatic rings. The number of rotatable bonds is 5. The third-order valence-electron chi connectivity index (χ3n) is 3.72. The summed E-state index contributed by atoms with van der Waals surface area (Å²) in [6, 6.07) is -0.622. The fraction of sp³-hybridized carbons (Fsp3) is 0.571. The molecule has 0 bridgehead atoms. The number of fused-ring (bicyclic) bond motifs is 1. The van der Waals surface area contributed by atoms with Gasteiger partial charge in [-0.15, -0.1) is 0 Å². The van der Waals surface area contributed by atoms with E-state index in [1.807, 2.05) is 4.90 Å². The number of aliphatic carboxylic acids is 1. The second kappa shape index (κ2) is 5.88. The van der Waals surface area contributed by atoms with E-state index < -0.39 is 12.0 Å². The second-order valence-electron chi connectivity index (χ2n) is 5.99. The summed E-state index contributed by atoms with van der Waals surface area (Å²) in [6.45, 7) is 4.99. The Kier molecular flexibility index (Phi) is 3.93. The van der Waals surface area contributed by atoms with Crippen LogP contribution in [0, 0.1) is 5.92 Å². The Morgan fingerprint density at radius 2 is 2.41 bits per heavy atom. The van der Waals surface area contributed by atoms with E-state index >= 15 is 0 Å². The number of aromatic amines is 1. The third-order valence-corrected chi connectivity index (χ3v) is 3.72. The molecule has 3 heterocycles. The molecule has 0 saturated carbocycles. The van der Waals surface area contributed by atoms with E-state index in [1.54, 1.807) is 6.33 Å². The summed E-state index contributed by atoms with van der Waals surface area (Å²) in [7, 11) is 0. The maximum Gasteiger partial charge on any atom is 0.321 e. The molecule has 118 valence electrons. The van der Waals surface area contributed by atoms with Crippen LogP contribution in [0.3, 0.4) is 0 Å². The molecule has 1 aliphatic rings. The van der Waals surface area contributed by atoms with Crippen molar-refractivity contribution in [3.8, 4) is 0 Å². The number of hydrogen-bond acceptors (Lipinski definition) is 6. The summed E-state index contributed by atoms with van der Waals surface area (Å²) in [6.07, 6.45) is 2.70. The van der Waals surface area contributed by atoms with Gasteiger partial charge >= 0.3 is 5.97 Å². The van der Waals surface area contributed by atoms with Crippen molar-refractivity contribution in [3.05, 3.63) is 29.4 Å². The second-order valence-corrected chi connectivity index (χ2v) is 5.99. The van der Waals surface area contributed by atoms with Crippen LogP contribution in [-0.4, -0.2) is 42.1 Å². The van der Waals surface area contributed by atoms with Gasteiger partial charge < -0.3 is 14.6 Å². The fourth-order valence-electron chi connectivity index (χ4n) is 2.67. The van der Waals surface area contributed by atoms with E-state index in [0.717, 1.165) is 17.8 Å². The first kappa shape index (κ1) is 14.7. The highest BCUT2D eigenvalue weighted by Gasteiger charge is 2.33. The Hall–Kier alpha value is -2.22. The number of H-pyrrole nitrogens is 1. The van der Waals surface area contributed by atoms with E-state index in [9.17, 15) is 9.90 Å². The zero-order valence-corrected chi connectivity index (χ0v) is 12.6. The molecular weight excluding hydrogens is 286 g/mol. The van der Waals surface area contributed by atoms with Crippen LogP contribution in [0.25, 0.3) is 0 Å². The average Bonchev–Trinajstić information content (AvgIpc) is 3.06. The van der Waals surface area contributed by atoms with Gasteiger partial charge in [0, 0.05) is 19.4 Å². The molecule has 2 N–H and O–H groups in total. The summed E-state index contributed by atoms with van der Waals surface area (Å²) in [5.74, 6) is 0.683. The van der Waals surface area contributed by atoms with Gasteiger partial charge in [0.2, 0.25) is 5.89 Å². The molecule has 3 rings (SSSR count). The Labute approximate surface area is 127 Å². The highest BCUT2D eigenvalue weighted by molar-refractivity contribution is 5.74. The maximum absolute atomic E-state index is 11.5. The van der Waals surface area contributed by atoms with E-state index in [-0.39, 0.29) is 0 Å². The minimum Gasteiger partial charge on any atom is -0.480 e. The molecule has 1 aliphatic heterocycles.